The summed E-state index contributed by atoms with van der Waals surface area (Å²) in [5.74, 6) is 1.28. The highest BCUT2D eigenvalue weighted by Gasteiger charge is 2.20. The summed E-state index contributed by atoms with van der Waals surface area (Å²) in [6.07, 6.45) is 4.83. The molecule has 3 rings (SSSR count). The number of halogens is 1. The Morgan fingerprint density at radius 1 is 1.28 bits per heavy atom. The predicted octanol–water partition coefficient (Wildman–Crippen LogP) is 3.94. The van der Waals surface area contributed by atoms with Crippen molar-refractivity contribution in [2.24, 2.45) is 0 Å². The molecule has 2 heterocycles. The van der Waals surface area contributed by atoms with E-state index in [0.717, 1.165) is 22.1 Å². The van der Waals surface area contributed by atoms with Gasteiger partial charge in [0.25, 0.3) is 0 Å². The van der Waals surface area contributed by atoms with Gasteiger partial charge >= 0.3 is 0 Å². The summed E-state index contributed by atoms with van der Waals surface area (Å²) in [5, 5.41) is 2.19. The zero-order valence-corrected chi connectivity index (χ0v) is 12.0. The van der Waals surface area contributed by atoms with Gasteiger partial charge in [0.1, 0.15) is 15.7 Å². The van der Waals surface area contributed by atoms with Gasteiger partial charge in [0, 0.05) is 16.0 Å². The Morgan fingerprint density at radius 2 is 2.11 bits per heavy atom. The number of aryl methyl sites for hydroxylation is 3. The molecule has 0 saturated carbocycles. The molecule has 0 N–H and O–H groups in total. The highest BCUT2D eigenvalue weighted by atomic mass is 32.2. The van der Waals surface area contributed by atoms with Crippen LogP contribution in [-0.2, 0) is 12.8 Å². The van der Waals surface area contributed by atoms with Gasteiger partial charge in [-0.25, -0.2) is 9.97 Å². The van der Waals surface area contributed by atoms with Crippen LogP contribution in [0.4, 0.5) is 4.39 Å². The third-order valence-corrected chi connectivity index (χ3v) is 5.32. The van der Waals surface area contributed by atoms with E-state index >= 15 is 0 Å². The molecule has 18 heavy (non-hydrogen) atoms. The van der Waals surface area contributed by atoms with Gasteiger partial charge in [-0.2, -0.15) is 0 Å². The van der Waals surface area contributed by atoms with Crippen LogP contribution >= 0.6 is 23.1 Å². The summed E-state index contributed by atoms with van der Waals surface area (Å²) < 4.78 is 12.4. The number of thiophene rings is 1. The highest BCUT2D eigenvalue weighted by molar-refractivity contribution is 7.99. The fourth-order valence-electron chi connectivity index (χ4n) is 2.47. The number of nitrogens with zero attached hydrogens (tertiary/aromatic N) is 2. The summed E-state index contributed by atoms with van der Waals surface area (Å²) in [5.41, 5.74) is 1.43. The van der Waals surface area contributed by atoms with Crippen molar-refractivity contribution in [2.45, 2.75) is 37.6 Å². The van der Waals surface area contributed by atoms with Gasteiger partial charge in [0.05, 0.1) is 6.67 Å². The lowest BCUT2D eigenvalue weighted by Crippen LogP contribution is -2.00. The molecule has 5 heteroatoms. The zero-order chi connectivity index (χ0) is 12.5. The summed E-state index contributed by atoms with van der Waals surface area (Å²) in [7, 11) is 0. The fourth-order valence-corrected chi connectivity index (χ4v) is 4.67. The third-order valence-electron chi connectivity index (χ3n) is 3.21. The Balaban J connectivity index is 2.16. The zero-order valence-electron chi connectivity index (χ0n) is 10.3. The molecule has 0 radical (unpaired) electrons. The van der Waals surface area contributed by atoms with E-state index in [1.165, 1.54) is 46.9 Å². The minimum atomic E-state index is -0.304. The third kappa shape index (κ3) is 2.14. The second-order valence-electron chi connectivity index (χ2n) is 4.50. The van der Waals surface area contributed by atoms with Gasteiger partial charge < -0.3 is 0 Å². The lowest BCUT2D eigenvalue weighted by molar-refractivity contribution is 0.532. The van der Waals surface area contributed by atoms with Crippen molar-refractivity contribution >= 4 is 33.3 Å². The van der Waals surface area contributed by atoms with Crippen molar-refractivity contribution in [3.63, 3.8) is 0 Å². The minimum Gasteiger partial charge on any atom is -0.250 e. The summed E-state index contributed by atoms with van der Waals surface area (Å²) >= 11 is 3.33. The number of alkyl halides is 1. The Morgan fingerprint density at radius 3 is 2.94 bits per heavy atom. The normalized spacial score (nSPS) is 15.0. The molecular weight excluding hydrogens is 267 g/mol. The molecule has 1 aliphatic rings. The molecule has 0 unspecified atom stereocenters. The van der Waals surface area contributed by atoms with E-state index in [4.69, 9.17) is 0 Å². The van der Waals surface area contributed by atoms with Crippen molar-refractivity contribution in [2.75, 3.05) is 12.4 Å². The molecule has 2 aromatic rings. The lowest BCUT2D eigenvalue weighted by Gasteiger charge is -2.11. The topological polar surface area (TPSA) is 25.8 Å². The molecule has 0 aromatic carbocycles. The second kappa shape index (κ2) is 5.13. The molecule has 2 aromatic heterocycles. The van der Waals surface area contributed by atoms with Crippen molar-refractivity contribution < 1.29 is 4.39 Å². The molecule has 0 amide bonds. The van der Waals surface area contributed by atoms with Gasteiger partial charge in [0.15, 0.2) is 0 Å². The first-order chi connectivity index (χ1) is 8.79. The van der Waals surface area contributed by atoms with Crippen LogP contribution in [0.5, 0.6) is 0 Å². The second-order valence-corrected chi connectivity index (χ2v) is 6.67. The number of hydrogen-bond acceptors (Lipinski definition) is 4. The average molecular weight is 282 g/mol. The van der Waals surface area contributed by atoms with E-state index in [-0.39, 0.29) is 6.67 Å². The van der Waals surface area contributed by atoms with Crippen LogP contribution in [0.3, 0.4) is 0 Å². The van der Waals surface area contributed by atoms with Gasteiger partial charge in [0.2, 0.25) is 0 Å². The van der Waals surface area contributed by atoms with E-state index in [9.17, 15) is 4.39 Å². The van der Waals surface area contributed by atoms with Crippen LogP contribution in [0.2, 0.25) is 0 Å². The first-order valence-corrected chi connectivity index (χ1v) is 8.07. The van der Waals surface area contributed by atoms with Crippen LogP contribution in [-0.4, -0.2) is 22.4 Å². The number of fused-ring (bicyclic) bond motifs is 3. The fraction of sp³-hybridized carbons (Fsp3) is 0.538. The molecule has 0 saturated heterocycles. The SMILES string of the molecule is Cc1nc(SCCF)c2c3c(sc2n1)CCCC3. The summed E-state index contributed by atoms with van der Waals surface area (Å²) in [4.78, 5) is 11.6. The molecule has 0 atom stereocenters. The van der Waals surface area contributed by atoms with Crippen LogP contribution < -0.4 is 0 Å². The van der Waals surface area contributed by atoms with E-state index in [1.807, 2.05) is 6.92 Å². The van der Waals surface area contributed by atoms with Crippen molar-refractivity contribution in [3.8, 4) is 0 Å². The Labute approximate surface area is 114 Å². The van der Waals surface area contributed by atoms with Crippen molar-refractivity contribution in [1.29, 1.82) is 0 Å². The maximum Gasteiger partial charge on any atom is 0.128 e. The quantitative estimate of drug-likeness (QED) is 0.630. The predicted molar refractivity (Wildman–Crippen MR) is 75.5 cm³/mol. The molecule has 0 spiro atoms. The van der Waals surface area contributed by atoms with Crippen LogP contribution in [0, 0.1) is 6.92 Å². The Bertz CT molecular complexity index is 580. The Hall–Kier alpha value is -0.680. The molecular formula is C13H15FN2S2. The maximum atomic E-state index is 12.4. The standard InChI is InChI=1S/C13H15FN2S2/c1-8-15-12(17-7-6-14)11-9-4-2-3-5-10(9)18-13(11)16-8/h2-7H2,1H3. The Kier molecular flexibility index (Phi) is 3.52. The molecule has 2 nitrogen and oxygen atoms in total. The van der Waals surface area contributed by atoms with Gasteiger partial charge in [-0.3, -0.25) is 4.39 Å². The molecule has 0 bridgehead atoms. The molecule has 1 aliphatic carbocycles. The van der Waals surface area contributed by atoms with Gasteiger partial charge in [-0.15, -0.1) is 23.1 Å². The summed E-state index contributed by atoms with van der Waals surface area (Å²) in [6.45, 7) is 1.61. The van der Waals surface area contributed by atoms with Crippen molar-refractivity contribution in [3.05, 3.63) is 16.3 Å². The monoisotopic (exact) mass is 282 g/mol. The first-order valence-electron chi connectivity index (χ1n) is 6.27. The number of thioether (sulfide) groups is 1. The average Bonchev–Trinajstić information content (AvgIpc) is 2.73. The van der Waals surface area contributed by atoms with Gasteiger partial charge in [-0.1, -0.05) is 0 Å². The lowest BCUT2D eigenvalue weighted by atomic mass is 9.97. The maximum absolute atomic E-state index is 12.4. The summed E-state index contributed by atoms with van der Waals surface area (Å²) in [6, 6.07) is 0. The van der Waals surface area contributed by atoms with Crippen LogP contribution in [0.15, 0.2) is 5.03 Å². The molecule has 0 fully saturated rings. The van der Waals surface area contributed by atoms with E-state index in [2.05, 4.69) is 9.97 Å². The van der Waals surface area contributed by atoms with Gasteiger partial charge in [-0.05, 0) is 38.2 Å². The number of aromatic nitrogens is 2. The smallest absolute Gasteiger partial charge is 0.128 e. The van der Waals surface area contributed by atoms with Crippen molar-refractivity contribution in [1.82, 2.24) is 9.97 Å². The largest absolute Gasteiger partial charge is 0.250 e. The minimum absolute atomic E-state index is 0.304. The van der Waals surface area contributed by atoms with Crippen LogP contribution in [0.25, 0.3) is 10.2 Å². The molecule has 96 valence electrons. The number of rotatable bonds is 3. The van der Waals surface area contributed by atoms with E-state index in [1.54, 1.807) is 11.3 Å². The van der Waals surface area contributed by atoms with Crippen LogP contribution in [0.1, 0.15) is 29.1 Å². The first kappa shape index (κ1) is 12.4. The van der Waals surface area contributed by atoms with E-state index in [0.29, 0.717) is 5.75 Å². The van der Waals surface area contributed by atoms with E-state index < -0.39 is 0 Å². The highest BCUT2D eigenvalue weighted by Crippen LogP contribution is 2.39. The molecule has 0 aliphatic heterocycles. The number of hydrogen-bond donors (Lipinski definition) is 0.